The molecule has 0 heterocycles. The minimum absolute atomic E-state index is 0. The van der Waals surface area contributed by atoms with Crippen molar-refractivity contribution in [2.75, 3.05) is 0 Å². The number of rotatable bonds is 0. The van der Waals surface area contributed by atoms with Gasteiger partial charge in [-0.2, -0.15) is 0 Å². The maximum Gasteiger partial charge on any atom is 3.00 e. The van der Waals surface area contributed by atoms with Crippen molar-refractivity contribution in [2.24, 2.45) is 0 Å². The molecule has 0 aromatic heterocycles. The minimum atomic E-state index is 0. The van der Waals surface area contributed by atoms with Crippen LogP contribution in [0.15, 0.2) is 0 Å². The summed E-state index contributed by atoms with van der Waals surface area (Å²) in [6.45, 7) is 0. The largest absolute Gasteiger partial charge is 3.00 e. The first-order chi connectivity index (χ1) is 0. The number of hydrogen-bond donors (Lipinski definition) is 0. The molecule has 0 aliphatic carbocycles. The van der Waals surface area contributed by atoms with Crippen LogP contribution in [0.25, 0.3) is 0 Å². The first-order valence-electron chi connectivity index (χ1n) is 0. The summed E-state index contributed by atoms with van der Waals surface area (Å²) in [7, 11) is 0. The van der Waals surface area contributed by atoms with E-state index in [0.29, 0.717) is 0 Å². The van der Waals surface area contributed by atoms with Crippen LogP contribution in [0.4, 0.5) is 0 Å². The molecule has 0 saturated carbocycles. The molecule has 0 rings (SSSR count). The molecule has 1 nitrogen and oxygen atoms in total. The Labute approximate surface area is 93.2 Å². The molecule has 1 radical (unpaired) electrons. The number of hydrogen-bond acceptors (Lipinski definition) is 0. The monoisotopic (exact) mass is 451 g/mol. The molecule has 0 spiro atoms. The van der Waals surface area contributed by atoms with Crippen LogP contribution in [0.2, 0.25) is 0 Å². The summed E-state index contributed by atoms with van der Waals surface area (Å²) >= 11 is 0. The Bertz CT molecular complexity index is 6.85. The fourth-order valence-corrected chi connectivity index (χ4v) is 0. The third kappa shape index (κ3) is 20.4. The van der Waals surface area contributed by atoms with Crippen LogP contribution in [0.1, 0.15) is 0 Å². The summed E-state index contributed by atoms with van der Waals surface area (Å²) in [5, 5.41) is 0. The standard InChI is InChI=1S/Cr.3HI.H2O/h;3*1H;1H2/q+3;;;;/p-3. The zero-order valence-corrected chi connectivity index (χ0v) is 9.79. The van der Waals surface area contributed by atoms with Crippen molar-refractivity contribution in [3.8, 4) is 0 Å². The summed E-state index contributed by atoms with van der Waals surface area (Å²) < 4.78 is 0. The summed E-state index contributed by atoms with van der Waals surface area (Å²) in [5.74, 6) is 0. The molecule has 0 aliphatic heterocycles. The quantitative estimate of drug-likeness (QED) is 0.329. The van der Waals surface area contributed by atoms with Crippen molar-refractivity contribution in [3.63, 3.8) is 0 Å². The van der Waals surface area contributed by atoms with Crippen molar-refractivity contribution in [2.45, 2.75) is 0 Å². The second kappa shape index (κ2) is 30.0. The van der Waals surface area contributed by atoms with E-state index in [0.717, 1.165) is 0 Å². The first-order valence-corrected chi connectivity index (χ1v) is 0. The molecule has 5 heavy (non-hydrogen) atoms. The molecule has 0 aromatic rings. The fraction of sp³-hybridized carbons (Fsp3) is 0. The second-order valence-electron chi connectivity index (χ2n) is 0. The normalized spacial score (nSPS) is 0. The van der Waals surface area contributed by atoms with E-state index in [1.807, 2.05) is 0 Å². The SMILES string of the molecule is O.[Cr+3].[I-].[I-].[I-]. The van der Waals surface area contributed by atoms with Gasteiger partial charge in [0.25, 0.3) is 0 Å². The minimum Gasteiger partial charge on any atom is -1.00 e. The smallest absolute Gasteiger partial charge is 1.00 e. The first kappa shape index (κ1) is 47.7. The van der Waals surface area contributed by atoms with Gasteiger partial charge in [0.05, 0.1) is 0 Å². The molecule has 0 fully saturated rings. The molecule has 0 unspecified atom stereocenters. The molecular weight excluding hydrogens is 449 g/mol. The summed E-state index contributed by atoms with van der Waals surface area (Å²) in [5.41, 5.74) is 0. The zero-order valence-electron chi connectivity index (χ0n) is 2.04. The topological polar surface area (TPSA) is 31.5 Å². The van der Waals surface area contributed by atoms with Gasteiger partial charge < -0.3 is 77.4 Å². The van der Waals surface area contributed by atoms with Crippen LogP contribution in [0.5, 0.6) is 0 Å². The van der Waals surface area contributed by atoms with Crippen LogP contribution in [0.3, 0.4) is 0 Å². The van der Waals surface area contributed by atoms with E-state index in [1.54, 1.807) is 0 Å². The molecule has 0 aliphatic rings. The van der Waals surface area contributed by atoms with Gasteiger partial charge in [-0.25, -0.2) is 0 Å². The molecule has 35 valence electrons. The molecular formula is H2CrI3O. The van der Waals surface area contributed by atoms with Gasteiger partial charge in [-0.05, 0) is 0 Å². The van der Waals surface area contributed by atoms with Crippen LogP contribution in [0, 0.1) is 0 Å². The van der Waals surface area contributed by atoms with Crippen molar-refractivity contribution in [1.29, 1.82) is 0 Å². The molecule has 0 atom stereocenters. The van der Waals surface area contributed by atoms with Crippen molar-refractivity contribution < 1.29 is 94.8 Å². The predicted octanol–water partition coefficient (Wildman–Crippen LogP) is -9.82. The van der Waals surface area contributed by atoms with Gasteiger partial charge in [0.15, 0.2) is 0 Å². The second-order valence-corrected chi connectivity index (χ2v) is 0. The molecule has 2 N–H and O–H groups in total. The van der Waals surface area contributed by atoms with Gasteiger partial charge in [0.1, 0.15) is 0 Å². The molecule has 5 heteroatoms. The average molecular weight is 451 g/mol. The van der Waals surface area contributed by atoms with Crippen LogP contribution < -0.4 is 71.9 Å². The fourth-order valence-electron chi connectivity index (χ4n) is 0. The van der Waals surface area contributed by atoms with Crippen LogP contribution >= 0.6 is 0 Å². The number of halogens is 3. The van der Waals surface area contributed by atoms with E-state index in [9.17, 15) is 0 Å². The van der Waals surface area contributed by atoms with Crippen LogP contribution in [-0.2, 0) is 17.4 Å². The van der Waals surface area contributed by atoms with E-state index in [2.05, 4.69) is 0 Å². The van der Waals surface area contributed by atoms with Gasteiger partial charge in [-0.3, -0.25) is 0 Å². The third-order valence-electron chi connectivity index (χ3n) is 0. The Morgan fingerprint density at radius 1 is 0.600 bits per heavy atom. The maximum absolute atomic E-state index is 0. The Kier molecular flexibility index (Phi) is 286. The van der Waals surface area contributed by atoms with Crippen LogP contribution in [-0.4, -0.2) is 5.48 Å². The Hall–Kier alpha value is 2.68. The zero-order chi connectivity index (χ0) is 0. The predicted molar refractivity (Wildman–Crippen MR) is 3.61 cm³/mol. The Morgan fingerprint density at radius 2 is 0.600 bits per heavy atom. The summed E-state index contributed by atoms with van der Waals surface area (Å²) in [6.07, 6.45) is 0. The van der Waals surface area contributed by atoms with Crippen molar-refractivity contribution >= 4 is 0 Å². The van der Waals surface area contributed by atoms with Crippen molar-refractivity contribution in [1.82, 2.24) is 0 Å². The van der Waals surface area contributed by atoms with Gasteiger partial charge in [0, 0.05) is 0 Å². The maximum atomic E-state index is 0. The van der Waals surface area contributed by atoms with E-state index < -0.39 is 0 Å². The average Bonchev–Trinajstić information content (AvgIpc) is 0. The molecule has 0 aromatic carbocycles. The van der Waals surface area contributed by atoms with E-state index in [-0.39, 0.29) is 94.8 Å². The van der Waals surface area contributed by atoms with E-state index >= 15 is 0 Å². The van der Waals surface area contributed by atoms with Gasteiger partial charge in [-0.15, -0.1) is 0 Å². The van der Waals surface area contributed by atoms with E-state index in [4.69, 9.17) is 0 Å². The van der Waals surface area contributed by atoms with Gasteiger partial charge in [-0.1, -0.05) is 0 Å². The molecule has 0 saturated heterocycles. The molecule has 0 bridgehead atoms. The third-order valence-corrected chi connectivity index (χ3v) is 0. The van der Waals surface area contributed by atoms with Gasteiger partial charge >= 0.3 is 17.4 Å². The Balaban J connectivity index is 0. The summed E-state index contributed by atoms with van der Waals surface area (Å²) in [6, 6.07) is 0. The van der Waals surface area contributed by atoms with Gasteiger partial charge in [0.2, 0.25) is 0 Å². The van der Waals surface area contributed by atoms with Crippen molar-refractivity contribution in [3.05, 3.63) is 0 Å². The van der Waals surface area contributed by atoms with E-state index in [1.165, 1.54) is 0 Å². The Morgan fingerprint density at radius 3 is 0.600 bits per heavy atom. The summed E-state index contributed by atoms with van der Waals surface area (Å²) in [4.78, 5) is 0. The molecule has 0 amide bonds.